The molecule has 0 bridgehead atoms. The van der Waals surface area contributed by atoms with E-state index in [1.807, 2.05) is 38.7 Å². The molecule has 1 aromatic heterocycles. The van der Waals surface area contributed by atoms with Gasteiger partial charge in [-0.2, -0.15) is 0 Å². The number of rotatable bonds is 10. The molecule has 0 N–H and O–H groups in total. The van der Waals surface area contributed by atoms with Gasteiger partial charge in [0.15, 0.2) is 0 Å². The van der Waals surface area contributed by atoms with Crippen LogP contribution in [0.4, 0.5) is 0 Å². The van der Waals surface area contributed by atoms with Gasteiger partial charge >= 0.3 is 0 Å². The monoisotopic (exact) mass is 439 g/mol. The Morgan fingerprint density at radius 1 is 1.06 bits per heavy atom. The van der Waals surface area contributed by atoms with Crippen LogP contribution >= 0.6 is 0 Å². The summed E-state index contributed by atoms with van der Waals surface area (Å²) in [5.41, 5.74) is 3.14. The van der Waals surface area contributed by atoms with Gasteiger partial charge in [-0.25, -0.2) is 0 Å². The lowest BCUT2D eigenvalue weighted by Crippen LogP contribution is -2.48. The van der Waals surface area contributed by atoms with Gasteiger partial charge in [-0.1, -0.05) is 58.9 Å². The normalized spacial score (nSPS) is 12.5. The van der Waals surface area contributed by atoms with Crippen LogP contribution in [0.2, 0.25) is 0 Å². The van der Waals surface area contributed by atoms with E-state index < -0.39 is 5.41 Å². The Morgan fingerprint density at radius 3 is 2.34 bits per heavy atom. The van der Waals surface area contributed by atoms with Crippen molar-refractivity contribution in [1.82, 2.24) is 14.4 Å². The average Bonchev–Trinajstić information content (AvgIpc) is 3.18. The summed E-state index contributed by atoms with van der Waals surface area (Å²) in [6.45, 7) is 16.1. The minimum Gasteiger partial charge on any atom is -0.345 e. The first-order valence-electron chi connectivity index (χ1n) is 11.9. The molecule has 2 amide bonds. The lowest BCUT2D eigenvalue weighted by molar-refractivity contribution is -0.146. The van der Waals surface area contributed by atoms with Gasteiger partial charge in [0.05, 0.1) is 13.1 Å². The van der Waals surface area contributed by atoms with Crippen LogP contribution in [0, 0.1) is 12.3 Å². The molecule has 2 aromatic rings. The van der Waals surface area contributed by atoms with E-state index in [4.69, 9.17) is 0 Å². The van der Waals surface area contributed by atoms with Crippen LogP contribution in [-0.2, 0) is 22.7 Å². The smallest absolute Gasteiger partial charge is 0.242 e. The minimum absolute atomic E-state index is 0.00837. The fourth-order valence-corrected chi connectivity index (χ4v) is 3.85. The molecule has 0 saturated carbocycles. The molecule has 0 radical (unpaired) electrons. The molecular weight excluding hydrogens is 398 g/mol. The second-order valence-electron chi connectivity index (χ2n) is 9.81. The Balaban J connectivity index is 2.22. The van der Waals surface area contributed by atoms with Crippen LogP contribution in [0.3, 0.4) is 0 Å². The second-order valence-corrected chi connectivity index (χ2v) is 9.81. The van der Waals surface area contributed by atoms with E-state index in [-0.39, 0.29) is 24.4 Å². The molecule has 1 heterocycles. The van der Waals surface area contributed by atoms with Gasteiger partial charge in [0.2, 0.25) is 11.8 Å². The van der Waals surface area contributed by atoms with Crippen LogP contribution in [0.5, 0.6) is 0 Å². The summed E-state index contributed by atoms with van der Waals surface area (Å²) >= 11 is 0. The summed E-state index contributed by atoms with van der Waals surface area (Å²) in [6.07, 6.45) is 3.77. The fraction of sp³-hybridized carbons (Fsp3) is 0.556. The van der Waals surface area contributed by atoms with Gasteiger partial charge in [-0.15, -0.1) is 0 Å². The van der Waals surface area contributed by atoms with Crippen molar-refractivity contribution in [3.63, 3.8) is 0 Å². The molecular formula is C27H41N3O2. The van der Waals surface area contributed by atoms with Crippen LogP contribution in [0.25, 0.3) is 0 Å². The van der Waals surface area contributed by atoms with E-state index >= 15 is 0 Å². The summed E-state index contributed by atoms with van der Waals surface area (Å²) in [5.74, 6) is 0.0359. The van der Waals surface area contributed by atoms with Gasteiger partial charge in [-0.3, -0.25) is 9.59 Å². The van der Waals surface area contributed by atoms with Crippen LogP contribution < -0.4 is 0 Å². The Hall–Kier alpha value is -2.56. The molecule has 0 saturated heterocycles. The lowest BCUT2D eigenvalue weighted by atomic mass is 9.94. The molecule has 0 spiro atoms. The number of carbonyl (C=O) groups excluding carboxylic acids is 2. The first-order valence-corrected chi connectivity index (χ1v) is 11.9. The van der Waals surface area contributed by atoms with Crippen molar-refractivity contribution in [3.05, 3.63) is 59.4 Å². The topological polar surface area (TPSA) is 45.6 Å². The summed E-state index contributed by atoms with van der Waals surface area (Å²) in [5, 5.41) is 0. The van der Waals surface area contributed by atoms with Crippen molar-refractivity contribution in [2.45, 2.75) is 80.4 Å². The zero-order valence-corrected chi connectivity index (χ0v) is 21.0. The predicted molar refractivity (Wildman–Crippen MR) is 131 cm³/mol. The Labute approximate surface area is 194 Å². The van der Waals surface area contributed by atoms with Gasteiger partial charge in [-0.05, 0) is 49.9 Å². The molecule has 1 aromatic carbocycles. The molecule has 1 atom stereocenters. The molecule has 0 fully saturated rings. The summed E-state index contributed by atoms with van der Waals surface area (Å²) in [4.78, 5) is 30.0. The molecule has 0 aliphatic carbocycles. The van der Waals surface area contributed by atoms with Crippen molar-refractivity contribution in [2.24, 2.45) is 5.41 Å². The summed E-state index contributed by atoms with van der Waals surface area (Å²) in [7, 11) is 0. The number of aryl methyl sites for hydroxylation is 1. The van der Waals surface area contributed by atoms with Crippen molar-refractivity contribution in [2.75, 3.05) is 13.1 Å². The van der Waals surface area contributed by atoms with Crippen molar-refractivity contribution in [3.8, 4) is 0 Å². The van der Waals surface area contributed by atoms with Crippen LogP contribution in [-0.4, -0.2) is 45.3 Å². The molecule has 5 heteroatoms. The van der Waals surface area contributed by atoms with E-state index in [9.17, 15) is 9.59 Å². The summed E-state index contributed by atoms with van der Waals surface area (Å²) in [6, 6.07) is 12.6. The number of amides is 2. The van der Waals surface area contributed by atoms with Crippen LogP contribution in [0.1, 0.15) is 71.2 Å². The zero-order valence-electron chi connectivity index (χ0n) is 21.0. The Bertz CT molecular complexity index is 894. The van der Waals surface area contributed by atoms with Crippen molar-refractivity contribution >= 4 is 11.8 Å². The van der Waals surface area contributed by atoms with Crippen LogP contribution in [0.15, 0.2) is 42.6 Å². The average molecular weight is 440 g/mol. The maximum atomic E-state index is 13.4. The highest BCUT2D eigenvalue weighted by atomic mass is 16.2. The summed E-state index contributed by atoms with van der Waals surface area (Å²) < 4.78 is 2.22. The molecule has 5 nitrogen and oxygen atoms in total. The zero-order chi connectivity index (χ0) is 23.9. The molecule has 176 valence electrons. The SMILES string of the molecule is CCCN(CC(=O)N(Cc1cccn1Cc1ccccc1C)C(C)CC)C(=O)C(C)(C)C. The van der Waals surface area contributed by atoms with Gasteiger partial charge in [0, 0.05) is 36.4 Å². The van der Waals surface area contributed by atoms with Gasteiger partial charge in [0.1, 0.15) is 0 Å². The molecule has 0 aliphatic rings. The van der Waals surface area contributed by atoms with Crippen molar-refractivity contribution < 1.29 is 9.59 Å². The molecule has 1 unspecified atom stereocenters. The van der Waals surface area contributed by atoms with E-state index in [0.717, 1.165) is 25.1 Å². The quantitative estimate of drug-likeness (QED) is 0.507. The highest BCUT2D eigenvalue weighted by Crippen LogP contribution is 2.20. The first kappa shape index (κ1) is 25.7. The second kappa shape index (κ2) is 11.3. The number of benzene rings is 1. The highest BCUT2D eigenvalue weighted by molar-refractivity contribution is 5.87. The molecule has 2 rings (SSSR count). The maximum absolute atomic E-state index is 13.4. The largest absolute Gasteiger partial charge is 0.345 e. The standard InChI is InChI=1S/C27H41N3O2/c1-8-16-29(26(32)27(5,6)7)20-25(31)30(22(4)9-2)19-24-15-12-17-28(24)18-23-14-11-10-13-21(23)3/h10-15,17,22H,8-9,16,18-20H2,1-7H3. The van der Waals surface area contributed by atoms with Crippen molar-refractivity contribution in [1.29, 1.82) is 0 Å². The predicted octanol–water partition coefficient (Wildman–Crippen LogP) is 5.26. The third-order valence-corrected chi connectivity index (χ3v) is 6.05. The van der Waals surface area contributed by atoms with E-state index in [0.29, 0.717) is 13.1 Å². The van der Waals surface area contributed by atoms with Gasteiger partial charge in [0.25, 0.3) is 0 Å². The van der Waals surface area contributed by atoms with E-state index in [2.05, 4.69) is 61.9 Å². The number of hydrogen-bond acceptors (Lipinski definition) is 2. The van der Waals surface area contributed by atoms with E-state index in [1.165, 1.54) is 11.1 Å². The Morgan fingerprint density at radius 2 is 1.75 bits per heavy atom. The Kier molecular flexibility index (Phi) is 9.11. The number of hydrogen-bond donors (Lipinski definition) is 0. The number of nitrogens with zero attached hydrogens (tertiary/aromatic N) is 3. The van der Waals surface area contributed by atoms with E-state index in [1.54, 1.807) is 4.90 Å². The third kappa shape index (κ3) is 6.72. The first-order chi connectivity index (χ1) is 15.1. The molecule has 0 aliphatic heterocycles. The maximum Gasteiger partial charge on any atom is 0.242 e. The highest BCUT2D eigenvalue weighted by Gasteiger charge is 2.30. The molecule has 32 heavy (non-hydrogen) atoms. The fourth-order valence-electron chi connectivity index (χ4n) is 3.85. The number of aromatic nitrogens is 1. The minimum atomic E-state index is -0.501. The third-order valence-electron chi connectivity index (χ3n) is 6.05. The number of carbonyl (C=O) groups is 2. The van der Waals surface area contributed by atoms with Gasteiger partial charge < -0.3 is 14.4 Å². The lowest BCUT2D eigenvalue weighted by Gasteiger charge is -2.34.